The summed E-state index contributed by atoms with van der Waals surface area (Å²) in [5.74, 6) is -1.58. The van der Waals surface area contributed by atoms with Crippen molar-refractivity contribution < 1.29 is 31.1 Å². The number of nitrogens with one attached hydrogen (secondary N) is 1. The van der Waals surface area contributed by atoms with Crippen LogP contribution in [0, 0.1) is 0 Å². The van der Waals surface area contributed by atoms with Crippen LogP contribution in [0.5, 0.6) is 0 Å². The molecule has 2 aromatic heterocycles. The number of Topliss-reactive ketones (excluding diaryl/α,β-unsaturated/α-hetero) is 1. The molecule has 2 heterocycles. The van der Waals surface area contributed by atoms with Crippen LogP contribution in [0.25, 0.3) is 0 Å². The second-order valence-electron chi connectivity index (χ2n) is 6.60. The maximum Gasteiger partial charge on any atom is 0.418 e. The summed E-state index contributed by atoms with van der Waals surface area (Å²) in [4.78, 5) is 22.8. The van der Waals surface area contributed by atoms with Crippen LogP contribution in [0.2, 0.25) is 0 Å². The van der Waals surface area contributed by atoms with Crippen LogP contribution < -0.4 is 0 Å². The van der Waals surface area contributed by atoms with Crippen LogP contribution in [-0.2, 0) is 23.6 Å². The zero-order chi connectivity index (χ0) is 21.9. The van der Waals surface area contributed by atoms with Crippen LogP contribution >= 0.6 is 0 Å². The summed E-state index contributed by atoms with van der Waals surface area (Å²) < 4.78 is 79.1. The van der Waals surface area contributed by atoms with Gasteiger partial charge >= 0.3 is 12.4 Å². The first-order valence-corrected chi connectivity index (χ1v) is 8.74. The maximum atomic E-state index is 13.5. The molecular weight excluding hydrogens is 412 g/mol. The van der Waals surface area contributed by atoms with Crippen molar-refractivity contribution in [1.29, 1.82) is 0 Å². The van der Waals surface area contributed by atoms with Crippen molar-refractivity contribution in [2.75, 3.05) is 0 Å². The number of benzene rings is 1. The number of alkyl halides is 6. The number of rotatable bonds is 6. The lowest BCUT2D eigenvalue weighted by Crippen LogP contribution is -2.18. The van der Waals surface area contributed by atoms with E-state index in [4.69, 9.17) is 0 Å². The van der Waals surface area contributed by atoms with Crippen molar-refractivity contribution in [2.45, 2.75) is 31.1 Å². The molecule has 0 aliphatic heterocycles. The van der Waals surface area contributed by atoms with E-state index in [9.17, 15) is 31.1 Å². The Hall–Kier alpha value is -3.17. The van der Waals surface area contributed by atoms with E-state index < -0.39 is 40.9 Å². The normalized spacial score (nSPS) is 13.3. The van der Waals surface area contributed by atoms with Gasteiger partial charge in [0.1, 0.15) is 5.78 Å². The molecule has 3 aromatic rings. The van der Waals surface area contributed by atoms with Gasteiger partial charge in [0.15, 0.2) is 0 Å². The summed E-state index contributed by atoms with van der Waals surface area (Å²) in [6.45, 7) is 0. The van der Waals surface area contributed by atoms with E-state index in [2.05, 4.69) is 15.0 Å². The monoisotopic (exact) mass is 427 g/mol. The second kappa shape index (κ2) is 8.29. The van der Waals surface area contributed by atoms with Gasteiger partial charge in [-0.15, -0.1) is 0 Å². The Morgan fingerprint density at radius 3 is 2.27 bits per heavy atom. The molecule has 1 atom stereocenters. The molecule has 10 heteroatoms. The molecule has 0 saturated carbocycles. The predicted octanol–water partition coefficient (Wildman–Crippen LogP) is 5.18. The number of nitrogens with zero attached hydrogens (tertiary/aromatic N) is 2. The number of H-pyrrole nitrogens is 1. The van der Waals surface area contributed by atoms with Crippen molar-refractivity contribution >= 4 is 5.78 Å². The summed E-state index contributed by atoms with van der Waals surface area (Å²) in [5, 5.41) is 0. The van der Waals surface area contributed by atoms with Gasteiger partial charge in [-0.2, -0.15) is 26.3 Å². The molecule has 0 saturated heterocycles. The molecule has 1 aromatic carbocycles. The Labute approximate surface area is 167 Å². The highest BCUT2D eigenvalue weighted by molar-refractivity contribution is 5.81. The molecule has 0 amide bonds. The quantitative estimate of drug-likeness (QED) is 0.552. The average molecular weight is 427 g/mol. The van der Waals surface area contributed by atoms with Gasteiger partial charge in [-0.25, -0.2) is 4.98 Å². The Balaban J connectivity index is 2.00. The lowest BCUT2D eigenvalue weighted by atomic mass is 9.86. The van der Waals surface area contributed by atoms with Gasteiger partial charge in [0.2, 0.25) is 0 Å². The number of hydrogen-bond acceptors (Lipinski definition) is 3. The van der Waals surface area contributed by atoms with Gasteiger partial charge in [0, 0.05) is 36.8 Å². The van der Waals surface area contributed by atoms with E-state index in [1.807, 2.05) is 0 Å². The molecule has 0 spiro atoms. The fourth-order valence-electron chi connectivity index (χ4n) is 3.11. The first kappa shape index (κ1) is 21.5. The highest BCUT2D eigenvalue weighted by Gasteiger charge is 2.37. The molecule has 0 radical (unpaired) electrons. The Morgan fingerprint density at radius 2 is 1.70 bits per heavy atom. The van der Waals surface area contributed by atoms with Crippen LogP contribution in [0.3, 0.4) is 0 Å². The van der Waals surface area contributed by atoms with Gasteiger partial charge in [-0.05, 0) is 29.8 Å². The Kier molecular flexibility index (Phi) is 5.95. The summed E-state index contributed by atoms with van der Waals surface area (Å²) in [6.07, 6.45) is -5.88. The lowest BCUT2D eigenvalue weighted by Gasteiger charge is -2.21. The highest BCUT2D eigenvalue weighted by Crippen LogP contribution is 2.39. The van der Waals surface area contributed by atoms with Gasteiger partial charge < -0.3 is 4.98 Å². The fourth-order valence-corrected chi connectivity index (χ4v) is 3.11. The first-order chi connectivity index (χ1) is 14.1. The molecular formula is C20H15F6N3O. The van der Waals surface area contributed by atoms with E-state index in [0.717, 1.165) is 42.6 Å². The molecule has 0 aliphatic rings. The van der Waals surface area contributed by atoms with Crippen molar-refractivity contribution in [3.8, 4) is 0 Å². The zero-order valence-electron chi connectivity index (χ0n) is 15.3. The predicted molar refractivity (Wildman–Crippen MR) is 94.4 cm³/mol. The topological polar surface area (TPSA) is 58.6 Å². The molecule has 158 valence electrons. The van der Waals surface area contributed by atoms with Crippen LogP contribution in [0.15, 0.2) is 55.1 Å². The third-order valence-electron chi connectivity index (χ3n) is 4.49. The maximum absolute atomic E-state index is 13.5. The molecule has 30 heavy (non-hydrogen) atoms. The number of carbonyl (C=O) groups is 1. The molecule has 3 rings (SSSR count). The number of carbonyl (C=O) groups excluding carboxylic acids is 1. The van der Waals surface area contributed by atoms with E-state index in [1.54, 1.807) is 0 Å². The van der Waals surface area contributed by atoms with Crippen molar-refractivity contribution in [3.63, 3.8) is 0 Å². The standard InChI is InChI=1S/C20H15F6N3O/c21-19(22,23)13-5-3-12(4-6-13)16(9-15(30)8-14-10-27-11-29-14)18-17(20(24,25)26)2-1-7-28-18/h1-7,10-11,16H,8-9H2,(H,27,29)/t16-/m0/s1. The third kappa shape index (κ3) is 5.05. The van der Waals surface area contributed by atoms with Gasteiger partial charge in [-0.1, -0.05) is 12.1 Å². The Bertz CT molecular complexity index is 995. The number of aromatic nitrogens is 3. The van der Waals surface area contributed by atoms with Crippen molar-refractivity contribution in [3.05, 3.63) is 83.2 Å². The number of ketones is 1. The SMILES string of the molecule is O=C(Cc1cnc[nH]1)C[C@@H](c1ccc(C(F)(F)F)cc1)c1ncccc1C(F)(F)F. The van der Waals surface area contributed by atoms with Gasteiger partial charge in [0.05, 0.1) is 23.1 Å². The van der Waals surface area contributed by atoms with Gasteiger partial charge in [0.25, 0.3) is 0 Å². The van der Waals surface area contributed by atoms with E-state index in [1.165, 1.54) is 12.5 Å². The first-order valence-electron chi connectivity index (χ1n) is 8.74. The lowest BCUT2D eigenvalue weighted by molar-refractivity contribution is -0.139. The van der Waals surface area contributed by atoms with Gasteiger partial charge in [-0.3, -0.25) is 9.78 Å². The second-order valence-corrected chi connectivity index (χ2v) is 6.60. The fraction of sp³-hybridized carbons (Fsp3) is 0.250. The van der Waals surface area contributed by atoms with E-state index >= 15 is 0 Å². The summed E-state index contributed by atoms with van der Waals surface area (Å²) >= 11 is 0. The zero-order valence-corrected chi connectivity index (χ0v) is 15.3. The summed E-state index contributed by atoms with van der Waals surface area (Å²) in [7, 11) is 0. The smallest absolute Gasteiger partial charge is 0.348 e. The van der Waals surface area contributed by atoms with E-state index in [-0.39, 0.29) is 18.4 Å². The molecule has 0 aliphatic carbocycles. The molecule has 1 N–H and O–H groups in total. The number of pyridine rings is 1. The van der Waals surface area contributed by atoms with Crippen molar-refractivity contribution in [1.82, 2.24) is 15.0 Å². The number of hydrogen-bond donors (Lipinski definition) is 1. The minimum atomic E-state index is -4.74. The van der Waals surface area contributed by atoms with Crippen LogP contribution in [-0.4, -0.2) is 20.7 Å². The number of imidazole rings is 1. The summed E-state index contributed by atoms with van der Waals surface area (Å²) in [6, 6.07) is 5.65. The molecule has 0 fully saturated rings. The van der Waals surface area contributed by atoms with Crippen LogP contribution in [0.4, 0.5) is 26.3 Å². The minimum Gasteiger partial charge on any atom is -0.348 e. The number of halogens is 6. The Morgan fingerprint density at radius 1 is 1.00 bits per heavy atom. The highest BCUT2D eigenvalue weighted by atomic mass is 19.4. The average Bonchev–Trinajstić information content (AvgIpc) is 3.18. The molecule has 4 nitrogen and oxygen atoms in total. The van der Waals surface area contributed by atoms with E-state index in [0.29, 0.717) is 5.69 Å². The van der Waals surface area contributed by atoms with Crippen molar-refractivity contribution in [2.24, 2.45) is 0 Å². The summed E-state index contributed by atoms with van der Waals surface area (Å²) in [5.41, 5.74) is -1.79. The molecule has 0 unspecified atom stereocenters. The third-order valence-corrected chi connectivity index (χ3v) is 4.49. The van der Waals surface area contributed by atoms with Crippen LogP contribution in [0.1, 0.15) is 40.4 Å². The molecule has 0 bridgehead atoms. The number of aromatic amines is 1. The largest absolute Gasteiger partial charge is 0.418 e. The minimum absolute atomic E-state index is 0.106.